The van der Waals surface area contributed by atoms with Gasteiger partial charge in [-0.3, -0.25) is 0 Å². The highest BCUT2D eigenvalue weighted by Gasteiger charge is 2.55. The van der Waals surface area contributed by atoms with E-state index >= 15 is 0 Å². The third-order valence-corrected chi connectivity index (χ3v) is 10.9. The number of aliphatic hydroxyl groups excluding tert-OH is 1. The smallest absolute Gasteiger partial charge is 0.0923 e. The molecule has 6 nitrogen and oxygen atoms in total. The molecule has 0 unspecified atom stereocenters. The SMILES string of the molecule is CC(C)=CCC[C@@](C)(O)[C@@H](O)CC[C@](C)(O)[C@H]1CC[C@H]2O[C@@H]([C@]3(C)CC[C@@H](Br)C(C)(C)O3)CC[C@]2(C)O1. The van der Waals surface area contributed by atoms with Gasteiger partial charge in [0.25, 0.3) is 0 Å². The molecule has 0 radical (unpaired) electrons. The molecule has 216 valence electrons. The van der Waals surface area contributed by atoms with Crippen LogP contribution in [0.15, 0.2) is 11.6 Å². The van der Waals surface area contributed by atoms with E-state index in [0.29, 0.717) is 36.9 Å². The molecule has 0 bridgehead atoms. The molecule has 37 heavy (non-hydrogen) atoms. The minimum Gasteiger partial charge on any atom is -0.390 e. The van der Waals surface area contributed by atoms with Crippen LogP contribution < -0.4 is 0 Å². The molecule has 9 atom stereocenters. The van der Waals surface area contributed by atoms with Crippen LogP contribution in [0.1, 0.15) is 120 Å². The molecular formula is C30H53BrO6. The third kappa shape index (κ3) is 7.39. The number of allylic oxidation sites excluding steroid dienone is 2. The Kier molecular flexibility index (Phi) is 9.76. The number of hydrogen-bond acceptors (Lipinski definition) is 6. The molecule has 3 N–H and O–H groups in total. The first-order valence-electron chi connectivity index (χ1n) is 14.3. The van der Waals surface area contributed by atoms with Crippen LogP contribution >= 0.6 is 15.9 Å². The molecule has 0 aromatic heterocycles. The Morgan fingerprint density at radius 1 is 0.973 bits per heavy atom. The molecule has 7 heteroatoms. The van der Waals surface area contributed by atoms with E-state index in [2.05, 4.69) is 49.7 Å². The zero-order chi connectivity index (χ0) is 27.9. The molecule has 0 spiro atoms. The van der Waals surface area contributed by atoms with E-state index in [4.69, 9.17) is 14.2 Å². The normalized spacial score (nSPS) is 40.1. The van der Waals surface area contributed by atoms with Gasteiger partial charge in [-0.05, 0) is 120 Å². The summed E-state index contributed by atoms with van der Waals surface area (Å²) in [6.45, 7) is 16.1. The minimum atomic E-state index is -1.19. The van der Waals surface area contributed by atoms with Crippen LogP contribution in [-0.2, 0) is 14.2 Å². The van der Waals surface area contributed by atoms with Crippen molar-refractivity contribution in [3.05, 3.63) is 11.6 Å². The van der Waals surface area contributed by atoms with E-state index in [0.717, 1.165) is 32.1 Å². The molecule has 0 aromatic rings. The van der Waals surface area contributed by atoms with Crippen molar-refractivity contribution >= 4 is 15.9 Å². The lowest BCUT2D eigenvalue weighted by molar-refractivity contribution is -0.301. The number of halogens is 1. The van der Waals surface area contributed by atoms with Crippen LogP contribution in [0.4, 0.5) is 0 Å². The summed E-state index contributed by atoms with van der Waals surface area (Å²) in [5.74, 6) is 0. The second kappa shape index (κ2) is 11.5. The van der Waals surface area contributed by atoms with Gasteiger partial charge in [-0.2, -0.15) is 0 Å². The van der Waals surface area contributed by atoms with Crippen LogP contribution in [0, 0.1) is 0 Å². The summed E-state index contributed by atoms with van der Waals surface area (Å²) in [5, 5.41) is 32.9. The van der Waals surface area contributed by atoms with Crippen molar-refractivity contribution in [3.8, 4) is 0 Å². The lowest BCUT2D eigenvalue weighted by Gasteiger charge is -2.56. The van der Waals surface area contributed by atoms with E-state index in [9.17, 15) is 15.3 Å². The fraction of sp³-hybridized carbons (Fsp3) is 0.933. The average Bonchev–Trinajstić information content (AvgIpc) is 2.78. The van der Waals surface area contributed by atoms with E-state index in [1.807, 2.05) is 13.8 Å². The van der Waals surface area contributed by atoms with Crippen LogP contribution in [0.3, 0.4) is 0 Å². The predicted molar refractivity (Wildman–Crippen MR) is 151 cm³/mol. The van der Waals surface area contributed by atoms with E-state index < -0.39 is 22.9 Å². The molecule has 3 heterocycles. The Morgan fingerprint density at radius 3 is 2.22 bits per heavy atom. The van der Waals surface area contributed by atoms with Gasteiger partial charge < -0.3 is 29.5 Å². The van der Waals surface area contributed by atoms with Gasteiger partial charge in [0.15, 0.2) is 0 Å². The maximum atomic E-state index is 11.4. The fourth-order valence-electron chi connectivity index (χ4n) is 6.50. The van der Waals surface area contributed by atoms with Crippen LogP contribution in [-0.4, -0.2) is 72.6 Å². The zero-order valence-corrected chi connectivity index (χ0v) is 26.1. The fourth-order valence-corrected chi connectivity index (χ4v) is 6.82. The number of aliphatic hydroxyl groups is 3. The highest BCUT2D eigenvalue weighted by atomic mass is 79.9. The van der Waals surface area contributed by atoms with Crippen LogP contribution in [0.5, 0.6) is 0 Å². The summed E-state index contributed by atoms with van der Waals surface area (Å²) < 4.78 is 19.9. The highest BCUT2D eigenvalue weighted by Crippen LogP contribution is 2.48. The molecule has 3 rings (SSSR count). The van der Waals surface area contributed by atoms with Crippen molar-refractivity contribution in [2.45, 2.75) is 177 Å². The first-order valence-corrected chi connectivity index (χ1v) is 15.3. The minimum absolute atomic E-state index is 0.0224. The summed E-state index contributed by atoms with van der Waals surface area (Å²) in [4.78, 5) is 0.336. The first-order chi connectivity index (χ1) is 16.9. The topological polar surface area (TPSA) is 88.4 Å². The summed E-state index contributed by atoms with van der Waals surface area (Å²) in [7, 11) is 0. The van der Waals surface area contributed by atoms with E-state index in [1.165, 1.54) is 5.57 Å². The predicted octanol–water partition coefficient (Wildman–Crippen LogP) is 5.97. The number of hydrogen-bond donors (Lipinski definition) is 3. The Bertz CT molecular complexity index is 806. The van der Waals surface area contributed by atoms with Gasteiger partial charge in [-0.25, -0.2) is 0 Å². The quantitative estimate of drug-likeness (QED) is 0.227. The van der Waals surface area contributed by atoms with Gasteiger partial charge in [0.1, 0.15) is 0 Å². The Morgan fingerprint density at radius 2 is 1.59 bits per heavy atom. The second-order valence-corrected chi connectivity index (χ2v) is 14.9. The van der Waals surface area contributed by atoms with Crippen molar-refractivity contribution in [1.82, 2.24) is 0 Å². The summed E-state index contributed by atoms with van der Waals surface area (Å²) in [5.41, 5.74) is -2.13. The molecule has 0 saturated carbocycles. The Balaban J connectivity index is 1.56. The molecule has 3 fully saturated rings. The molecule has 3 aliphatic rings. The number of rotatable bonds is 9. The van der Waals surface area contributed by atoms with Crippen molar-refractivity contribution < 1.29 is 29.5 Å². The van der Waals surface area contributed by atoms with Gasteiger partial charge in [0.05, 0.1) is 52.4 Å². The lowest BCUT2D eigenvalue weighted by atomic mass is 9.75. The molecule has 0 amide bonds. The average molecular weight is 590 g/mol. The van der Waals surface area contributed by atoms with E-state index in [-0.39, 0.29) is 29.5 Å². The molecule has 0 aliphatic carbocycles. The van der Waals surface area contributed by atoms with Gasteiger partial charge in [-0.15, -0.1) is 0 Å². The standard InChI is InChI=1S/C30H53BrO6/c1-20(2)10-9-16-27(5,33)22(32)14-17-28(6,34)23-11-12-24-29(7,36-23)19-15-25(35-24)30(8)18-13-21(31)26(3,4)37-30/h10,21-25,32-34H,9,11-19H2,1-8H3/t21-,22+,23-,24-,25-,27-,28+,29+,30+/m1/s1. The summed E-state index contributed by atoms with van der Waals surface area (Å²) in [6.07, 6.45) is 7.91. The van der Waals surface area contributed by atoms with Crippen LogP contribution in [0.2, 0.25) is 0 Å². The second-order valence-electron chi connectivity index (χ2n) is 13.8. The number of fused-ring (bicyclic) bond motifs is 1. The largest absolute Gasteiger partial charge is 0.390 e. The lowest BCUT2D eigenvalue weighted by Crippen LogP contribution is -2.63. The van der Waals surface area contributed by atoms with Crippen molar-refractivity contribution in [1.29, 1.82) is 0 Å². The number of ether oxygens (including phenoxy) is 3. The molecule has 3 aliphatic heterocycles. The monoisotopic (exact) mass is 588 g/mol. The zero-order valence-electron chi connectivity index (χ0n) is 24.5. The summed E-state index contributed by atoms with van der Waals surface area (Å²) in [6, 6.07) is 0. The molecule has 3 saturated heterocycles. The van der Waals surface area contributed by atoms with Gasteiger partial charge in [0.2, 0.25) is 0 Å². The van der Waals surface area contributed by atoms with Crippen molar-refractivity contribution in [3.63, 3.8) is 0 Å². The van der Waals surface area contributed by atoms with Crippen molar-refractivity contribution in [2.24, 2.45) is 0 Å². The Hall–Kier alpha value is -0.0200. The summed E-state index contributed by atoms with van der Waals surface area (Å²) >= 11 is 3.78. The van der Waals surface area contributed by atoms with Gasteiger partial charge in [0, 0.05) is 4.83 Å². The maximum absolute atomic E-state index is 11.4. The maximum Gasteiger partial charge on any atom is 0.0923 e. The number of alkyl halides is 1. The highest BCUT2D eigenvalue weighted by molar-refractivity contribution is 9.09. The van der Waals surface area contributed by atoms with Crippen molar-refractivity contribution in [2.75, 3.05) is 0 Å². The molecule has 0 aromatic carbocycles. The van der Waals surface area contributed by atoms with E-state index in [1.54, 1.807) is 13.8 Å². The first kappa shape index (κ1) is 31.5. The molecular weight excluding hydrogens is 536 g/mol. The van der Waals surface area contributed by atoms with Crippen LogP contribution in [0.25, 0.3) is 0 Å². The van der Waals surface area contributed by atoms with Gasteiger partial charge >= 0.3 is 0 Å². The van der Waals surface area contributed by atoms with Gasteiger partial charge in [-0.1, -0.05) is 27.6 Å². The third-order valence-electron chi connectivity index (χ3n) is 9.38. The Labute approximate surface area is 233 Å².